The Bertz CT molecular complexity index is 834. The maximum atomic E-state index is 12.7. The summed E-state index contributed by atoms with van der Waals surface area (Å²) in [5.41, 5.74) is 0.573. The third-order valence-electron chi connectivity index (χ3n) is 4.61. The Morgan fingerprint density at radius 2 is 1.75 bits per heavy atom. The fourth-order valence-electron chi connectivity index (χ4n) is 3.14. The molecule has 0 bridgehead atoms. The van der Waals surface area contributed by atoms with Crippen molar-refractivity contribution in [3.63, 3.8) is 0 Å². The first-order chi connectivity index (χ1) is 13.3. The molecule has 4 nitrogen and oxygen atoms in total. The van der Waals surface area contributed by atoms with E-state index < -0.39 is 11.7 Å². The van der Waals surface area contributed by atoms with Crippen LogP contribution >= 0.6 is 0 Å². The molecule has 1 aliphatic carbocycles. The summed E-state index contributed by atoms with van der Waals surface area (Å²) in [6, 6.07) is 10.2. The maximum Gasteiger partial charge on any atom is 0.416 e. The molecule has 1 amide bonds. The van der Waals surface area contributed by atoms with E-state index >= 15 is 0 Å². The summed E-state index contributed by atoms with van der Waals surface area (Å²) in [7, 11) is 0. The van der Waals surface area contributed by atoms with Crippen molar-refractivity contribution in [3.8, 4) is 11.5 Å². The first-order valence-corrected chi connectivity index (χ1v) is 9.21. The van der Waals surface area contributed by atoms with E-state index in [0.29, 0.717) is 36.8 Å². The topological polar surface area (TPSA) is 47.6 Å². The molecule has 28 heavy (non-hydrogen) atoms. The third kappa shape index (κ3) is 4.58. The average Bonchev–Trinajstić information content (AvgIpc) is 3.44. The van der Waals surface area contributed by atoms with Crippen LogP contribution in [-0.4, -0.2) is 19.1 Å². The first kappa shape index (κ1) is 20.0. The number of carbonyl (C=O) groups excluding carboxylic acids is 1. The van der Waals surface area contributed by atoms with Crippen LogP contribution in [0.4, 0.5) is 18.9 Å². The van der Waals surface area contributed by atoms with Gasteiger partial charge in [0, 0.05) is 12.0 Å². The van der Waals surface area contributed by atoms with E-state index in [0.717, 1.165) is 17.7 Å². The van der Waals surface area contributed by atoms with Crippen molar-refractivity contribution in [2.24, 2.45) is 5.92 Å². The molecule has 0 saturated heterocycles. The molecule has 0 spiro atoms. The summed E-state index contributed by atoms with van der Waals surface area (Å²) in [6.45, 7) is 4.67. The molecule has 1 fully saturated rings. The number of alkyl halides is 3. The second-order valence-corrected chi connectivity index (χ2v) is 6.58. The van der Waals surface area contributed by atoms with Crippen molar-refractivity contribution in [3.05, 3.63) is 53.6 Å². The van der Waals surface area contributed by atoms with E-state index in [-0.39, 0.29) is 17.7 Å². The number of nitrogens with one attached hydrogen (secondary N) is 1. The van der Waals surface area contributed by atoms with Gasteiger partial charge in [0.05, 0.1) is 24.5 Å². The number of hydrogen-bond donors (Lipinski definition) is 1. The Kier molecular flexibility index (Phi) is 5.82. The molecule has 1 aliphatic rings. The lowest BCUT2D eigenvalue weighted by atomic mass is 10.1. The van der Waals surface area contributed by atoms with Crippen LogP contribution in [0.1, 0.15) is 37.3 Å². The van der Waals surface area contributed by atoms with Crippen LogP contribution in [0.25, 0.3) is 0 Å². The van der Waals surface area contributed by atoms with Crippen LogP contribution in [0, 0.1) is 5.92 Å². The highest BCUT2D eigenvalue weighted by Gasteiger charge is 2.44. The van der Waals surface area contributed by atoms with Crippen molar-refractivity contribution in [1.82, 2.24) is 0 Å². The minimum absolute atomic E-state index is 0.0760. The Hall–Kier alpha value is -2.70. The summed E-state index contributed by atoms with van der Waals surface area (Å²) >= 11 is 0. The van der Waals surface area contributed by atoms with E-state index in [1.165, 1.54) is 12.1 Å². The molecule has 2 atom stereocenters. The van der Waals surface area contributed by atoms with Crippen LogP contribution in [-0.2, 0) is 11.0 Å². The number of ether oxygens (including phenoxy) is 2. The van der Waals surface area contributed by atoms with E-state index in [4.69, 9.17) is 9.47 Å². The number of hydrogen-bond acceptors (Lipinski definition) is 3. The highest BCUT2D eigenvalue weighted by atomic mass is 19.4. The monoisotopic (exact) mass is 393 g/mol. The van der Waals surface area contributed by atoms with Gasteiger partial charge in [-0.3, -0.25) is 4.79 Å². The predicted molar refractivity (Wildman–Crippen MR) is 99.7 cm³/mol. The molecule has 2 unspecified atom stereocenters. The Balaban J connectivity index is 1.68. The Morgan fingerprint density at radius 3 is 2.36 bits per heavy atom. The van der Waals surface area contributed by atoms with Crippen LogP contribution in [0.5, 0.6) is 11.5 Å². The molecule has 0 aromatic heterocycles. The number of benzene rings is 2. The van der Waals surface area contributed by atoms with Crippen molar-refractivity contribution in [1.29, 1.82) is 0 Å². The molecule has 0 heterocycles. The lowest BCUT2D eigenvalue weighted by Gasteiger charge is -2.13. The summed E-state index contributed by atoms with van der Waals surface area (Å²) < 4.78 is 49.1. The second kappa shape index (κ2) is 8.12. The quantitative estimate of drug-likeness (QED) is 0.699. The smallest absolute Gasteiger partial charge is 0.416 e. The Labute approximate surface area is 161 Å². The molecule has 0 aliphatic heterocycles. The van der Waals surface area contributed by atoms with Gasteiger partial charge in [-0.1, -0.05) is 12.1 Å². The fraction of sp³-hybridized carbons (Fsp3) is 0.381. The SMILES string of the molecule is CCOc1ccc(OCC)c(NC(=O)C2CC2c2ccc(C(F)(F)F)cc2)c1. The molecule has 0 radical (unpaired) electrons. The standard InChI is InChI=1S/C21H22F3NO3/c1-3-27-15-9-10-19(28-4-2)18(11-15)25-20(26)17-12-16(17)13-5-7-14(8-6-13)21(22,23)24/h5-11,16-17H,3-4,12H2,1-2H3,(H,25,26). The van der Waals surface area contributed by atoms with Crippen molar-refractivity contribution in [2.45, 2.75) is 32.4 Å². The minimum atomic E-state index is -4.36. The van der Waals surface area contributed by atoms with Gasteiger partial charge in [-0.15, -0.1) is 0 Å². The van der Waals surface area contributed by atoms with E-state index in [2.05, 4.69) is 5.32 Å². The molecule has 1 saturated carbocycles. The molecule has 7 heteroatoms. The third-order valence-corrected chi connectivity index (χ3v) is 4.61. The summed E-state index contributed by atoms with van der Waals surface area (Å²) in [4.78, 5) is 12.6. The molecule has 1 N–H and O–H groups in total. The van der Waals surface area contributed by atoms with Crippen molar-refractivity contribution >= 4 is 11.6 Å². The molecule has 2 aromatic carbocycles. The molecular weight excluding hydrogens is 371 g/mol. The molecule has 150 valence electrons. The van der Waals surface area contributed by atoms with E-state index in [1.807, 2.05) is 13.8 Å². The number of carbonyl (C=O) groups is 1. The lowest BCUT2D eigenvalue weighted by molar-refractivity contribution is -0.137. The largest absolute Gasteiger partial charge is 0.494 e. The van der Waals surface area contributed by atoms with Gasteiger partial charge in [-0.05, 0) is 56.0 Å². The average molecular weight is 393 g/mol. The Morgan fingerprint density at radius 1 is 1.07 bits per heavy atom. The highest BCUT2D eigenvalue weighted by molar-refractivity contribution is 5.96. The zero-order chi connectivity index (χ0) is 20.3. The number of amides is 1. The van der Waals surface area contributed by atoms with Gasteiger partial charge in [0.1, 0.15) is 11.5 Å². The zero-order valence-electron chi connectivity index (χ0n) is 15.7. The van der Waals surface area contributed by atoms with Gasteiger partial charge in [-0.25, -0.2) is 0 Å². The van der Waals surface area contributed by atoms with E-state index in [9.17, 15) is 18.0 Å². The van der Waals surface area contributed by atoms with Gasteiger partial charge in [0.15, 0.2) is 0 Å². The first-order valence-electron chi connectivity index (χ1n) is 9.21. The normalized spacial score (nSPS) is 18.5. The maximum absolute atomic E-state index is 12.7. The van der Waals surface area contributed by atoms with Crippen molar-refractivity contribution < 1.29 is 27.4 Å². The van der Waals surface area contributed by atoms with Crippen LogP contribution in [0.3, 0.4) is 0 Å². The van der Waals surface area contributed by atoms with Gasteiger partial charge in [0.2, 0.25) is 5.91 Å². The molecule has 2 aromatic rings. The van der Waals surface area contributed by atoms with Gasteiger partial charge < -0.3 is 14.8 Å². The predicted octanol–water partition coefficient (Wildman–Crippen LogP) is 5.25. The molecular formula is C21H22F3NO3. The highest BCUT2D eigenvalue weighted by Crippen LogP contribution is 2.48. The van der Waals surface area contributed by atoms with Crippen molar-refractivity contribution in [2.75, 3.05) is 18.5 Å². The number of rotatable bonds is 7. The lowest BCUT2D eigenvalue weighted by Crippen LogP contribution is -2.15. The number of halogens is 3. The fourth-order valence-corrected chi connectivity index (χ4v) is 3.14. The summed E-state index contributed by atoms with van der Waals surface area (Å²) in [5, 5.41) is 2.87. The number of anilines is 1. The van der Waals surface area contributed by atoms with Crippen LogP contribution in [0.2, 0.25) is 0 Å². The summed E-state index contributed by atoms with van der Waals surface area (Å²) in [6.07, 6.45) is -3.76. The summed E-state index contributed by atoms with van der Waals surface area (Å²) in [5.74, 6) is 0.636. The van der Waals surface area contributed by atoms with Crippen LogP contribution in [0.15, 0.2) is 42.5 Å². The second-order valence-electron chi connectivity index (χ2n) is 6.58. The zero-order valence-corrected chi connectivity index (χ0v) is 15.7. The molecule has 3 rings (SSSR count). The van der Waals surface area contributed by atoms with E-state index in [1.54, 1.807) is 18.2 Å². The van der Waals surface area contributed by atoms with Gasteiger partial charge in [0.25, 0.3) is 0 Å². The van der Waals surface area contributed by atoms with Crippen LogP contribution < -0.4 is 14.8 Å². The van der Waals surface area contributed by atoms with Gasteiger partial charge in [-0.2, -0.15) is 13.2 Å². The minimum Gasteiger partial charge on any atom is -0.494 e. The van der Waals surface area contributed by atoms with Gasteiger partial charge >= 0.3 is 6.18 Å².